The third-order valence-corrected chi connectivity index (χ3v) is 3.37. The Morgan fingerprint density at radius 1 is 1.21 bits per heavy atom. The lowest BCUT2D eigenvalue weighted by molar-refractivity contribution is -0.116. The molecule has 3 nitrogen and oxygen atoms in total. The number of halogens is 2. The molecule has 19 heavy (non-hydrogen) atoms. The van der Waals surface area contributed by atoms with E-state index in [-0.39, 0.29) is 18.0 Å². The topological polar surface area (TPSA) is 41.1 Å². The number of carbonyl (C=O) groups is 1. The fourth-order valence-corrected chi connectivity index (χ4v) is 2.34. The molecule has 0 atom stereocenters. The van der Waals surface area contributed by atoms with Crippen LogP contribution in [-0.4, -0.2) is 18.5 Å². The monoisotopic (exact) mass is 268 g/mol. The molecular formula is C14H18F2N2O. The van der Waals surface area contributed by atoms with Crippen LogP contribution >= 0.6 is 0 Å². The van der Waals surface area contributed by atoms with E-state index in [0.717, 1.165) is 25.0 Å². The lowest BCUT2D eigenvalue weighted by Crippen LogP contribution is -2.29. The van der Waals surface area contributed by atoms with Gasteiger partial charge < -0.3 is 10.6 Å². The standard InChI is InChI=1S/C14H18F2N2O/c15-11-6-3-7-12(16)14(11)18-13(19)8-9-17-10-4-1-2-5-10/h3,6-7,10,17H,1-2,4-5,8-9H2,(H,18,19). The van der Waals surface area contributed by atoms with Crippen LogP contribution in [0.5, 0.6) is 0 Å². The van der Waals surface area contributed by atoms with Gasteiger partial charge in [0.15, 0.2) is 0 Å². The van der Waals surface area contributed by atoms with Gasteiger partial charge in [0.1, 0.15) is 17.3 Å². The van der Waals surface area contributed by atoms with E-state index in [0.29, 0.717) is 12.6 Å². The molecular weight excluding hydrogens is 250 g/mol. The summed E-state index contributed by atoms with van der Waals surface area (Å²) in [5.41, 5.74) is -0.367. The molecule has 0 aromatic heterocycles. The Hall–Kier alpha value is -1.49. The van der Waals surface area contributed by atoms with Crippen molar-refractivity contribution in [2.75, 3.05) is 11.9 Å². The van der Waals surface area contributed by atoms with Gasteiger partial charge in [-0.1, -0.05) is 18.9 Å². The molecule has 1 amide bonds. The highest BCUT2D eigenvalue weighted by atomic mass is 19.1. The molecule has 104 valence electrons. The molecule has 1 aliphatic rings. The smallest absolute Gasteiger partial charge is 0.225 e. The van der Waals surface area contributed by atoms with Crippen LogP contribution in [0.15, 0.2) is 18.2 Å². The van der Waals surface area contributed by atoms with E-state index < -0.39 is 11.6 Å². The second-order valence-corrected chi connectivity index (χ2v) is 4.83. The van der Waals surface area contributed by atoms with Crippen molar-refractivity contribution in [3.05, 3.63) is 29.8 Å². The molecule has 1 aliphatic carbocycles. The Labute approximate surface area is 111 Å². The summed E-state index contributed by atoms with van der Waals surface area (Å²) in [6.07, 6.45) is 4.95. The van der Waals surface area contributed by atoms with Crippen LogP contribution in [0.4, 0.5) is 14.5 Å². The van der Waals surface area contributed by atoms with Crippen LogP contribution in [0.2, 0.25) is 0 Å². The number of anilines is 1. The Morgan fingerprint density at radius 2 is 1.84 bits per heavy atom. The van der Waals surface area contributed by atoms with Crippen LogP contribution in [0, 0.1) is 11.6 Å². The lowest BCUT2D eigenvalue weighted by atomic mass is 10.2. The van der Waals surface area contributed by atoms with Crippen LogP contribution in [0.1, 0.15) is 32.1 Å². The highest BCUT2D eigenvalue weighted by Gasteiger charge is 2.15. The fourth-order valence-electron chi connectivity index (χ4n) is 2.34. The third-order valence-electron chi connectivity index (χ3n) is 3.37. The Bertz CT molecular complexity index is 425. The fraction of sp³-hybridized carbons (Fsp3) is 0.500. The molecule has 5 heteroatoms. The van der Waals surface area contributed by atoms with Crippen LogP contribution in [0.25, 0.3) is 0 Å². The van der Waals surface area contributed by atoms with Gasteiger partial charge in [0.2, 0.25) is 5.91 Å². The van der Waals surface area contributed by atoms with Crippen LogP contribution in [0.3, 0.4) is 0 Å². The molecule has 2 rings (SSSR count). The van der Waals surface area contributed by atoms with E-state index >= 15 is 0 Å². The Balaban J connectivity index is 1.77. The zero-order chi connectivity index (χ0) is 13.7. The summed E-state index contributed by atoms with van der Waals surface area (Å²) < 4.78 is 26.6. The highest BCUT2D eigenvalue weighted by Crippen LogP contribution is 2.19. The van der Waals surface area contributed by atoms with Crippen molar-refractivity contribution in [1.82, 2.24) is 5.32 Å². The number of amides is 1. The predicted molar refractivity (Wildman–Crippen MR) is 69.9 cm³/mol. The van der Waals surface area contributed by atoms with E-state index in [1.165, 1.54) is 18.9 Å². The summed E-state index contributed by atoms with van der Waals surface area (Å²) in [4.78, 5) is 11.6. The van der Waals surface area contributed by atoms with Crippen molar-refractivity contribution in [1.29, 1.82) is 0 Å². The van der Waals surface area contributed by atoms with Crippen molar-refractivity contribution in [2.45, 2.75) is 38.1 Å². The van der Waals surface area contributed by atoms with E-state index in [2.05, 4.69) is 10.6 Å². The number of benzene rings is 1. The van der Waals surface area contributed by atoms with Crippen molar-refractivity contribution >= 4 is 11.6 Å². The van der Waals surface area contributed by atoms with Gasteiger partial charge >= 0.3 is 0 Å². The maximum absolute atomic E-state index is 13.3. The van der Waals surface area contributed by atoms with Crippen molar-refractivity contribution < 1.29 is 13.6 Å². The molecule has 0 unspecified atom stereocenters. The average Bonchev–Trinajstić information content (AvgIpc) is 2.87. The maximum atomic E-state index is 13.3. The lowest BCUT2D eigenvalue weighted by Gasteiger charge is -2.12. The van der Waals surface area contributed by atoms with Crippen LogP contribution in [-0.2, 0) is 4.79 Å². The van der Waals surface area contributed by atoms with Gasteiger partial charge in [0.25, 0.3) is 0 Å². The largest absolute Gasteiger partial charge is 0.321 e. The summed E-state index contributed by atoms with van der Waals surface area (Å²) >= 11 is 0. The van der Waals surface area contributed by atoms with Gasteiger partial charge in [-0.3, -0.25) is 4.79 Å². The number of rotatable bonds is 5. The Morgan fingerprint density at radius 3 is 2.47 bits per heavy atom. The minimum atomic E-state index is -0.753. The molecule has 2 N–H and O–H groups in total. The molecule has 1 aromatic carbocycles. The first-order valence-electron chi connectivity index (χ1n) is 6.64. The van der Waals surface area contributed by atoms with E-state index in [1.54, 1.807) is 0 Å². The number of hydrogen-bond acceptors (Lipinski definition) is 2. The normalized spacial score (nSPS) is 15.7. The number of para-hydroxylation sites is 1. The molecule has 0 radical (unpaired) electrons. The molecule has 0 spiro atoms. The average molecular weight is 268 g/mol. The summed E-state index contributed by atoms with van der Waals surface area (Å²) in [6, 6.07) is 3.99. The molecule has 1 aromatic rings. The minimum Gasteiger partial charge on any atom is -0.321 e. The minimum absolute atomic E-state index is 0.213. The molecule has 0 bridgehead atoms. The quantitative estimate of drug-likeness (QED) is 0.862. The summed E-state index contributed by atoms with van der Waals surface area (Å²) in [5, 5.41) is 5.55. The zero-order valence-electron chi connectivity index (χ0n) is 10.7. The number of carbonyl (C=O) groups excluding carboxylic acids is 1. The van der Waals surface area contributed by atoms with Crippen molar-refractivity contribution in [3.63, 3.8) is 0 Å². The highest BCUT2D eigenvalue weighted by molar-refractivity contribution is 5.91. The second kappa shape index (κ2) is 6.61. The molecule has 0 heterocycles. The van der Waals surface area contributed by atoms with Crippen molar-refractivity contribution in [3.8, 4) is 0 Å². The summed E-state index contributed by atoms with van der Waals surface area (Å²) in [5.74, 6) is -1.89. The number of hydrogen-bond donors (Lipinski definition) is 2. The molecule has 1 saturated carbocycles. The van der Waals surface area contributed by atoms with E-state index in [9.17, 15) is 13.6 Å². The molecule has 1 fully saturated rings. The van der Waals surface area contributed by atoms with Gasteiger partial charge in [-0.05, 0) is 25.0 Å². The third kappa shape index (κ3) is 3.99. The Kier molecular flexibility index (Phi) is 4.85. The number of nitrogens with one attached hydrogen (secondary N) is 2. The first-order chi connectivity index (χ1) is 9.16. The first-order valence-corrected chi connectivity index (χ1v) is 6.64. The van der Waals surface area contributed by atoms with Gasteiger partial charge in [-0.15, -0.1) is 0 Å². The van der Waals surface area contributed by atoms with Crippen molar-refractivity contribution in [2.24, 2.45) is 0 Å². The zero-order valence-corrected chi connectivity index (χ0v) is 10.7. The van der Waals surface area contributed by atoms with Gasteiger partial charge in [0.05, 0.1) is 0 Å². The molecule has 0 saturated heterocycles. The molecule has 0 aliphatic heterocycles. The first kappa shape index (κ1) is 13.9. The second-order valence-electron chi connectivity index (χ2n) is 4.83. The predicted octanol–water partition coefficient (Wildman–Crippen LogP) is 2.83. The van der Waals surface area contributed by atoms with Gasteiger partial charge in [-0.2, -0.15) is 0 Å². The summed E-state index contributed by atoms with van der Waals surface area (Å²) in [6.45, 7) is 0.534. The summed E-state index contributed by atoms with van der Waals surface area (Å²) in [7, 11) is 0. The van der Waals surface area contributed by atoms with E-state index in [4.69, 9.17) is 0 Å². The van der Waals surface area contributed by atoms with Crippen LogP contribution < -0.4 is 10.6 Å². The van der Waals surface area contributed by atoms with Gasteiger partial charge in [-0.25, -0.2) is 8.78 Å². The maximum Gasteiger partial charge on any atom is 0.225 e. The SMILES string of the molecule is O=C(CCNC1CCCC1)Nc1c(F)cccc1F. The van der Waals surface area contributed by atoms with Gasteiger partial charge in [0, 0.05) is 19.0 Å². The van der Waals surface area contributed by atoms with E-state index in [1.807, 2.05) is 0 Å².